The second-order valence-corrected chi connectivity index (χ2v) is 7.07. The minimum atomic E-state index is -0.117. The molecule has 1 aromatic heterocycles. The number of hydrogen-bond acceptors (Lipinski definition) is 4. The van der Waals surface area contributed by atoms with Crippen LogP contribution < -0.4 is 10.1 Å². The number of para-hydroxylation sites is 1. The van der Waals surface area contributed by atoms with Crippen LogP contribution in [0.4, 0.5) is 0 Å². The first-order valence-corrected chi connectivity index (χ1v) is 8.92. The lowest BCUT2D eigenvalue weighted by Crippen LogP contribution is -2.37. The van der Waals surface area contributed by atoms with Crippen LogP contribution >= 0.6 is 11.3 Å². The number of carbonyl (C=O) groups is 1. The Labute approximate surface area is 140 Å². The van der Waals surface area contributed by atoms with Crippen molar-refractivity contribution in [2.24, 2.45) is 5.92 Å². The number of amides is 1. The molecule has 3 rings (SSSR count). The summed E-state index contributed by atoms with van der Waals surface area (Å²) in [5, 5.41) is 4.20. The molecule has 1 aromatic carbocycles. The lowest BCUT2D eigenvalue weighted by Gasteiger charge is -2.24. The van der Waals surface area contributed by atoms with Crippen molar-refractivity contribution in [1.82, 2.24) is 10.3 Å². The molecule has 4 nitrogen and oxygen atoms in total. The molecule has 0 unspecified atom stereocenters. The van der Waals surface area contributed by atoms with Crippen LogP contribution in [0.1, 0.15) is 34.5 Å². The van der Waals surface area contributed by atoms with E-state index in [-0.39, 0.29) is 11.8 Å². The average molecular weight is 330 g/mol. The van der Waals surface area contributed by atoms with Crippen LogP contribution in [0.25, 0.3) is 0 Å². The number of aromatic nitrogens is 1. The fourth-order valence-electron chi connectivity index (χ4n) is 2.78. The monoisotopic (exact) mass is 330 g/mol. The fraction of sp³-hybridized carbons (Fsp3) is 0.444. The van der Waals surface area contributed by atoms with E-state index in [1.807, 2.05) is 31.2 Å². The molecule has 0 saturated carbocycles. The van der Waals surface area contributed by atoms with Crippen molar-refractivity contribution in [2.45, 2.75) is 39.7 Å². The maximum absolute atomic E-state index is 12.4. The van der Waals surface area contributed by atoms with Crippen molar-refractivity contribution in [3.05, 3.63) is 45.4 Å². The SMILES string of the molecule is CCCc1nc(C)c(CNC(=O)[C@@H]2COc3ccccc3C2)s1. The van der Waals surface area contributed by atoms with Crippen LogP contribution in [0.3, 0.4) is 0 Å². The maximum atomic E-state index is 12.4. The van der Waals surface area contributed by atoms with Gasteiger partial charge in [-0.1, -0.05) is 25.1 Å². The summed E-state index contributed by atoms with van der Waals surface area (Å²) in [6.07, 6.45) is 2.84. The molecule has 122 valence electrons. The van der Waals surface area contributed by atoms with Crippen molar-refractivity contribution < 1.29 is 9.53 Å². The molecule has 1 aliphatic rings. The lowest BCUT2D eigenvalue weighted by atomic mass is 9.96. The Balaban J connectivity index is 1.58. The number of nitrogens with zero attached hydrogens (tertiary/aromatic N) is 1. The summed E-state index contributed by atoms with van der Waals surface area (Å²) in [6, 6.07) is 7.93. The van der Waals surface area contributed by atoms with E-state index in [9.17, 15) is 4.79 Å². The number of hydrogen-bond donors (Lipinski definition) is 1. The van der Waals surface area contributed by atoms with Gasteiger partial charge < -0.3 is 10.1 Å². The van der Waals surface area contributed by atoms with Crippen molar-refractivity contribution in [3.63, 3.8) is 0 Å². The molecule has 1 N–H and O–H groups in total. The molecule has 2 heterocycles. The van der Waals surface area contributed by atoms with Gasteiger partial charge in [-0.25, -0.2) is 4.98 Å². The third-order valence-corrected chi connectivity index (χ3v) is 5.29. The number of carbonyl (C=O) groups excluding carboxylic acids is 1. The zero-order valence-electron chi connectivity index (χ0n) is 13.6. The highest BCUT2D eigenvalue weighted by Crippen LogP contribution is 2.27. The summed E-state index contributed by atoms with van der Waals surface area (Å²) >= 11 is 1.70. The van der Waals surface area contributed by atoms with E-state index < -0.39 is 0 Å². The molecule has 2 aromatic rings. The highest BCUT2D eigenvalue weighted by Gasteiger charge is 2.25. The van der Waals surface area contributed by atoms with E-state index in [1.54, 1.807) is 11.3 Å². The molecule has 0 aliphatic carbocycles. The van der Waals surface area contributed by atoms with Gasteiger partial charge in [0.2, 0.25) is 5.91 Å². The number of aryl methyl sites for hydroxylation is 2. The molecule has 23 heavy (non-hydrogen) atoms. The van der Waals surface area contributed by atoms with Crippen LogP contribution in [-0.2, 0) is 24.2 Å². The van der Waals surface area contributed by atoms with Gasteiger partial charge in [0.1, 0.15) is 12.4 Å². The Bertz CT molecular complexity index is 696. The van der Waals surface area contributed by atoms with Gasteiger partial charge in [-0.05, 0) is 37.8 Å². The first-order valence-electron chi connectivity index (χ1n) is 8.11. The third kappa shape index (κ3) is 3.72. The normalized spacial score (nSPS) is 16.5. The molecule has 1 amide bonds. The largest absolute Gasteiger partial charge is 0.492 e. The summed E-state index contributed by atoms with van der Waals surface area (Å²) in [6.45, 7) is 5.17. The molecule has 0 radical (unpaired) electrons. The predicted molar refractivity (Wildman–Crippen MR) is 91.8 cm³/mol. The van der Waals surface area contributed by atoms with Crippen LogP contribution in [0.15, 0.2) is 24.3 Å². The standard InChI is InChI=1S/C18H22N2O2S/c1-3-6-17-20-12(2)16(23-17)10-19-18(21)14-9-13-7-4-5-8-15(13)22-11-14/h4-5,7-8,14H,3,6,9-11H2,1-2H3,(H,19,21)/t14-/m0/s1. The second kappa shape index (κ2) is 7.13. The molecular formula is C18H22N2O2S. The van der Waals surface area contributed by atoms with Gasteiger partial charge in [-0.15, -0.1) is 11.3 Å². The maximum Gasteiger partial charge on any atom is 0.227 e. The number of rotatable bonds is 5. The average Bonchev–Trinajstić information content (AvgIpc) is 2.92. The fourth-order valence-corrected chi connectivity index (χ4v) is 3.89. The first kappa shape index (κ1) is 16.0. The molecule has 1 atom stereocenters. The summed E-state index contributed by atoms with van der Waals surface area (Å²) in [4.78, 5) is 18.1. The number of ether oxygens (including phenoxy) is 1. The molecular weight excluding hydrogens is 308 g/mol. The minimum absolute atomic E-state index is 0.0596. The van der Waals surface area contributed by atoms with Crippen LogP contribution in [0, 0.1) is 12.8 Å². The molecule has 0 bridgehead atoms. The zero-order valence-corrected chi connectivity index (χ0v) is 14.4. The predicted octanol–water partition coefficient (Wildman–Crippen LogP) is 3.27. The second-order valence-electron chi connectivity index (χ2n) is 5.90. The van der Waals surface area contributed by atoms with E-state index in [0.717, 1.165) is 46.2 Å². The van der Waals surface area contributed by atoms with Gasteiger partial charge in [-0.2, -0.15) is 0 Å². The topological polar surface area (TPSA) is 51.2 Å². The Kier molecular flexibility index (Phi) is 4.96. The van der Waals surface area contributed by atoms with E-state index in [1.165, 1.54) is 0 Å². The Morgan fingerprint density at radius 3 is 3.09 bits per heavy atom. The van der Waals surface area contributed by atoms with Crippen molar-refractivity contribution in [1.29, 1.82) is 0 Å². The number of nitrogens with one attached hydrogen (secondary N) is 1. The molecule has 0 spiro atoms. The highest BCUT2D eigenvalue weighted by atomic mass is 32.1. The quantitative estimate of drug-likeness (QED) is 0.915. The number of thiazole rings is 1. The van der Waals surface area contributed by atoms with Crippen LogP contribution in [0.5, 0.6) is 5.75 Å². The first-order chi connectivity index (χ1) is 11.2. The number of fused-ring (bicyclic) bond motifs is 1. The van der Waals surface area contributed by atoms with Gasteiger partial charge in [0, 0.05) is 4.88 Å². The van der Waals surface area contributed by atoms with Gasteiger partial charge >= 0.3 is 0 Å². The molecule has 0 fully saturated rings. The molecule has 0 saturated heterocycles. The van der Waals surface area contributed by atoms with Gasteiger partial charge in [0.25, 0.3) is 0 Å². The minimum Gasteiger partial charge on any atom is -0.492 e. The van der Waals surface area contributed by atoms with E-state index in [2.05, 4.69) is 17.2 Å². The van der Waals surface area contributed by atoms with Crippen molar-refractivity contribution in [2.75, 3.05) is 6.61 Å². The van der Waals surface area contributed by atoms with E-state index in [0.29, 0.717) is 13.2 Å². The van der Waals surface area contributed by atoms with Gasteiger partial charge in [0.15, 0.2) is 0 Å². The van der Waals surface area contributed by atoms with Crippen LogP contribution in [-0.4, -0.2) is 17.5 Å². The Hall–Kier alpha value is -1.88. The number of benzene rings is 1. The van der Waals surface area contributed by atoms with Gasteiger partial charge in [-0.3, -0.25) is 4.79 Å². The van der Waals surface area contributed by atoms with E-state index >= 15 is 0 Å². The smallest absolute Gasteiger partial charge is 0.227 e. The Morgan fingerprint density at radius 2 is 2.26 bits per heavy atom. The van der Waals surface area contributed by atoms with Crippen molar-refractivity contribution in [3.8, 4) is 5.75 Å². The Morgan fingerprint density at radius 1 is 1.43 bits per heavy atom. The molecule has 1 aliphatic heterocycles. The highest BCUT2D eigenvalue weighted by molar-refractivity contribution is 7.11. The third-order valence-electron chi connectivity index (χ3n) is 4.07. The summed E-state index contributed by atoms with van der Waals surface area (Å²) in [5.74, 6) is 0.844. The van der Waals surface area contributed by atoms with Gasteiger partial charge in [0.05, 0.1) is 23.2 Å². The zero-order chi connectivity index (χ0) is 16.2. The lowest BCUT2D eigenvalue weighted by molar-refractivity contribution is -0.126. The van der Waals surface area contributed by atoms with E-state index in [4.69, 9.17) is 4.74 Å². The van der Waals surface area contributed by atoms with Crippen LogP contribution in [0.2, 0.25) is 0 Å². The summed E-state index contributed by atoms with van der Waals surface area (Å²) in [5.41, 5.74) is 2.14. The summed E-state index contributed by atoms with van der Waals surface area (Å²) < 4.78 is 5.70. The summed E-state index contributed by atoms with van der Waals surface area (Å²) in [7, 11) is 0. The molecule has 5 heteroatoms. The van der Waals surface area contributed by atoms with Crippen molar-refractivity contribution >= 4 is 17.2 Å².